The Kier molecular flexibility index (Phi) is 12.2. The normalized spacial score (nSPS) is 14.8. The highest BCUT2D eigenvalue weighted by Crippen LogP contribution is 2.28. The molecule has 1 aliphatic rings. The van der Waals surface area contributed by atoms with E-state index in [0.717, 1.165) is 54.6 Å². The number of benzene rings is 2. The van der Waals surface area contributed by atoms with Gasteiger partial charge in [-0.05, 0) is 75.5 Å². The van der Waals surface area contributed by atoms with E-state index >= 15 is 0 Å². The number of aryl methyl sites for hydroxylation is 1. The number of nitrogens with two attached hydrogens (primary N) is 1. The van der Waals surface area contributed by atoms with Gasteiger partial charge in [-0.3, -0.25) is 5.32 Å². The number of nitrogens with one attached hydrogen (secondary N) is 1. The first-order valence-electron chi connectivity index (χ1n) is 13.1. The number of anilines is 1. The number of hydrogen-bond acceptors (Lipinski definition) is 3. The molecule has 0 bridgehead atoms. The molecule has 2 amide bonds. The summed E-state index contributed by atoms with van der Waals surface area (Å²) in [5, 5.41) is 6.98. The molecular weight excluding hydrogens is 472 g/mol. The van der Waals surface area contributed by atoms with Crippen molar-refractivity contribution in [2.75, 3.05) is 25.0 Å². The van der Waals surface area contributed by atoms with E-state index in [1.165, 1.54) is 31.4 Å². The topological polar surface area (TPSA) is 76.2 Å². The number of amides is 2. The van der Waals surface area contributed by atoms with Gasteiger partial charge < -0.3 is 10.6 Å². The van der Waals surface area contributed by atoms with Crippen molar-refractivity contribution in [1.29, 1.82) is 0 Å². The lowest BCUT2D eigenvalue weighted by atomic mass is 9.98. The number of para-hydroxylation sites is 1. The van der Waals surface area contributed by atoms with Crippen molar-refractivity contribution in [3.63, 3.8) is 0 Å². The number of aromatic nitrogens is 2. The summed E-state index contributed by atoms with van der Waals surface area (Å²) < 4.78 is 28.0. The smallest absolute Gasteiger partial charge is 0.317 e. The number of likely N-dealkylation sites (tertiary alicyclic amines) is 1. The molecule has 1 saturated heterocycles. The number of nitrogens with zero attached hydrogens (tertiary/aromatic N) is 3. The van der Waals surface area contributed by atoms with E-state index in [0.29, 0.717) is 5.82 Å². The van der Waals surface area contributed by atoms with Gasteiger partial charge in [0.25, 0.3) is 0 Å². The zero-order valence-electron chi connectivity index (χ0n) is 22.7. The van der Waals surface area contributed by atoms with Crippen LogP contribution in [0.15, 0.2) is 48.5 Å². The third kappa shape index (κ3) is 8.97. The Bertz CT molecular complexity index is 1100. The molecule has 1 aliphatic heterocycles. The van der Waals surface area contributed by atoms with Crippen molar-refractivity contribution in [2.24, 2.45) is 5.73 Å². The summed E-state index contributed by atoms with van der Waals surface area (Å²) in [6, 6.07) is 12.9. The quantitative estimate of drug-likeness (QED) is 0.336. The van der Waals surface area contributed by atoms with Gasteiger partial charge in [0.1, 0.15) is 17.5 Å². The Hall–Kier alpha value is -3.26. The highest BCUT2D eigenvalue weighted by molar-refractivity contribution is 5.88. The van der Waals surface area contributed by atoms with Crippen molar-refractivity contribution < 1.29 is 13.6 Å². The Morgan fingerprint density at radius 1 is 1.08 bits per heavy atom. The van der Waals surface area contributed by atoms with Crippen LogP contribution in [0.2, 0.25) is 0 Å². The molecule has 4 rings (SSSR count). The second-order valence-corrected chi connectivity index (χ2v) is 8.99. The second kappa shape index (κ2) is 15.1. The maximum atomic E-state index is 13.2. The molecular formula is C29H41F2N5O. The minimum Gasteiger partial charge on any atom is -0.351 e. The molecule has 0 radical (unpaired) electrons. The SMILES string of the molecule is CC.CCCCCN1CCC(c2cc(F)cc(F)c2)C1.Cc1nn(-c2ccccc2)c(NC(N)=O)c1C. The lowest BCUT2D eigenvalue weighted by Gasteiger charge is -2.16. The zero-order valence-corrected chi connectivity index (χ0v) is 22.7. The highest BCUT2D eigenvalue weighted by Gasteiger charge is 2.24. The minimum absolute atomic E-state index is 0.289. The van der Waals surface area contributed by atoms with Gasteiger partial charge in [-0.15, -0.1) is 0 Å². The second-order valence-electron chi connectivity index (χ2n) is 8.99. The Labute approximate surface area is 219 Å². The van der Waals surface area contributed by atoms with Gasteiger partial charge in [0.05, 0.1) is 11.4 Å². The van der Waals surface area contributed by atoms with E-state index < -0.39 is 17.7 Å². The van der Waals surface area contributed by atoms with Gasteiger partial charge in [-0.2, -0.15) is 5.10 Å². The number of primary amides is 1. The number of carbonyl (C=O) groups is 1. The summed E-state index contributed by atoms with van der Waals surface area (Å²) in [7, 11) is 0. The highest BCUT2D eigenvalue weighted by atomic mass is 19.1. The first kappa shape index (κ1) is 30.0. The zero-order chi connectivity index (χ0) is 27.4. The van der Waals surface area contributed by atoms with Gasteiger partial charge in [-0.25, -0.2) is 18.3 Å². The van der Waals surface area contributed by atoms with Crippen LogP contribution >= 0.6 is 0 Å². The summed E-state index contributed by atoms with van der Waals surface area (Å²) in [6.07, 6.45) is 4.72. The van der Waals surface area contributed by atoms with Crippen LogP contribution in [0, 0.1) is 25.5 Å². The molecule has 0 saturated carbocycles. The van der Waals surface area contributed by atoms with E-state index in [1.807, 2.05) is 58.0 Å². The predicted molar refractivity (Wildman–Crippen MR) is 147 cm³/mol. The number of hydrogen-bond donors (Lipinski definition) is 2. The van der Waals surface area contributed by atoms with Crippen LogP contribution in [0.1, 0.15) is 69.2 Å². The summed E-state index contributed by atoms with van der Waals surface area (Å²) >= 11 is 0. The fraction of sp³-hybridized carbons (Fsp3) is 0.448. The number of carbonyl (C=O) groups excluding carboxylic acids is 1. The molecule has 6 nitrogen and oxygen atoms in total. The molecule has 3 aromatic rings. The molecule has 202 valence electrons. The third-order valence-corrected chi connectivity index (χ3v) is 6.31. The van der Waals surface area contributed by atoms with Crippen LogP contribution in [0.3, 0.4) is 0 Å². The van der Waals surface area contributed by atoms with Gasteiger partial charge in [0.15, 0.2) is 0 Å². The number of rotatable bonds is 7. The maximum absolute atomic E-state index is 13.2. The van der Waals surface area contributed by atoms with E-state index in [2.05, 4.69) is 22.2 Å². The summed E-state index contributed by atoms with van der Waals surface area (Å²) in [5.74, 6) is -0.0260. The fourth-order valence-electron chi connectivity index (χ4n) is 4.33. The molecule has 1 atom stereocenters. The van der Waals surface area contributed by atoms with Crippen LogP contribution in [0.5, 0.6) is 0 Å². The summed E-state index contributed by atoms with van der Waals surface area (Å²) in [6.45, 7) is 13.1. The van der Waals surface area contributed by atoms with Crippen LogP contribution in [-0.2, 0) is 0 Å². The molecule has 8 heteroatoms. The molecule has 0 aliphatic carbocycles. The van der Waals surface area contributed by atoms with E-state index in [9.17, 15) is 13.6 Å². The molecule has 37 heavy (non-hydrogen) atoms. The minimum atomic E-state index is -0.592. The number of unbranched alkanes of at least 4 members (excludes halogenated alkanes) is 2. The molecule has 2 heterocycles. The largest absolute Gasteiger partial charge is 0.351 e. The fourth-order valence-corrected chi connectivity index (χ4v) is 4.33. The average Bonchev–Trinajstić information content (AvgIpc) is 3.46. The monoisotopic (exact) mass is 513 g/mol. The van der Waals surface area contributed by atoms with Crippen LogP contribution in [0.25, 0.3) is 5.69 Å². The van der Waals surface area contributed by atoms with Crippen LogP contribution in [0.4, 0.5) is 19.4 Å². The van der Waals surface area contributed by atoms with Gasteiger partial charge in [0, 0.05) is 18.2 Å². The molecule has 1 fully saturated rings. The lowest BCUT2D eigenvalue weighted by Crippen LogP contribution is -2.21. The Morgan fingerprint density at radius 3 is 2.32 bits per heavy atom. The average molecular weight is 514 g/mol. The number of halogens is 2. The molecule has 3 N–H and O–H groups in total. The van der Waals surface area contributed by atoms with Crippen molar-refractivity contribution in [3.8, 4) is 5.69 Å². The van der Waals surface area contributed by atoms with E-state index in [1.54, 1.807) is 4.68 Å². The van der Waals surface area contributed by atoms with Gasteiger partial charge in [-0.1, -0.05) is 51.8 Å². The lowest BCUT2D eigenvalue weighted by molar-refractivity contribution is 0.259. The Morgan fingerprint density at radius 2 is 1.73 bits per heavy atom. The first-order valence-corrected chi connectivity index (χ1v) is 13.1. The van der Waals surface area contributed by atoms with E-state index in [-0.39, 0.29) is 5.92 Å². The van der Waals surface area contributed by atoms with Gasteiger partial charge >= 0.3 is 6.03 Å². The summed E-state index contributed by atoms with van der Waals surface area (Å²) in [4.78, 5) is 13.4. The molecule has 2 aromatic carbocycles. The van der Waals surface area contributed by atoms with E-state index in [4.69, 9.17) is 5.73 Å². The predicted octanol–water partition coefficient (Wildman–Crippen LogP) is 6.95. The molecule has 1 aromatic heterocycles. The summed E-state index contributed by atoms with van der Waals surface area (Å²) in [5.41, 5.74) is 8.62. The van der Waals surface area contributed by atoms with Crippen molar-refractivity contribution >= 4 is 11.8 Å². The van der Waals surface area contributed by atoms with Crippen LogP contribution in [-0.4, -0.2) is 40.3 Å². The third-order valence-electron chi connectivity index (χ3n) is 6.31. The van der Waals surface area contributed by atoms with Gasteiger partial charge in [0.2, 0.25) is 0 Å². The van der Waals surface area contributed by atoms with Crippen LogP contribution < -0.4 is 11.1 Å². The standard InChI is InChI=1S/C15H21F2N.C12H14N4O.C2H6/c1-2-3-4-6-18-7-5-12(11-18)13-8-14(16)10-15(17)9-13;1-8-9(2)15-16(11(8)14-12(13)17)10-6-4-3-5-7-10;1-2/h8-10,12H,2-7,11H2,1H3;3-7H,1-2H3,(H3,13,14,17);1-2H3. The Balaban J connectivity index is 0.000000244. The van der Waals surface area contributed by atoms with Crippen molar-refractivity contribution in [1.82, 2.24) is 14.7 Å². The maximum Gasteiger partial charge on any atom is 0.317 e. The van der Waals surface area contributed by atoms with Crippen molar-refractivity contribution in [2.45, 2.75) is 66.2 Å². The molecule has 1 unspecified atom stereocenters. The first-order chi connectivity index (χ1) is 17.8. The molecule has 0 spiro atoms. The van der Waals surface area contributed by atoms with Crippen molar-refractivity contribution in [3.05, 3.63) is 77.0 Å². The number of urea groups is 1.